The van der Waals surface area contributed by atoms with Crippen molar-refractivity contribution >= 4 is 5.97 Å². The molecule has 5 heteroatoms. The Morgan fingerprint density at radius 2 is 1.73 bits per heavy atom. The van der Waals surface area contributed by atoms with Gasteiger partial charge in [-0.1, -0.05) is 0 Å². The van der Waals surface area contributed by atoms with Crippen LogP contribution >= 0.6 is 0 Å². The van der Waals surface area contributed by atoms with Gasteiger partial charge in [0.05, 0.1) is 5.60 Å². The topological polar surface area (TPSA) is 98.0 Å². The summed E-state index contributed by atoms with van der Waals surface area (Å²) in [5, 5.41) is 38.6. The summed E-state index contributed by atoms with van der Waals surface area (Å²) in [4.78, 5) is 10.8. The van der Waals surface area contributed by atoms with Gasteiger partial charge in [0, 0.05) is 12.0 Å². The molecule has 0 aromatic heterocycles. The molecule has 0 saturated heterocycles. The largest absolute Gasteiger partial charge is 0.478 e. The van der Waals surface area contributed by atoms with Gasteiger partial charge in [0.25, 0.3) is 0 Å². The Bertz CT molecular complexity index is 325. The van der Waals surface area contributed by atoms with E-state index >= 15 is 0 Å². The predicted molar refractivity (Wildman–Crippen MR) is 52.2 cm³/mol. The third-order valence-electron chi connectivity index (χ3n) is 3.30. The lowest BCUT2D eigenvalue weighted by molar-refractivity contribution is -0.214. The highest BCUT2D eigenvalue weighted by molar-refractivity contribution is 5.87. The van der Waals surface area contributed by atoms with Crippen molar-refractivity contribution in [1.82, 2.24) is 0 Å². The number of carboxylic acids is 1. The molecule has 0 radical (unpaired) electrons. The zero-order chi connectivity index (χ0) is 12.1. The maximum atomic E-state index is 10.8. The third-order valence-corrected chi connectivity index (χ3v) is 3.30. The van der Waals surface area contributed by atoms with Gasteiger partial charge >= 0.3 is 5.97 Å². The van der Waals surface area contributed by atoms with Crippen molar-refractivity contribution in [2.75, 3.05) is 0 Å². The molecule has 5 nitrogen and oxygen atoms in total. The molecule has 0 heterocycles. The second-order valence-corrected chi connectivity index (χ2v) is 4.65. The fraction of sp³-hybridized carbons (Fsp3) is 0.700. The van der Waals surface area contributed by atoms with Crippen molar-refractivity contribution in [2.45, 2.75) is 44.0 Å². The number of hydrogen-bond donors (Lipinski definition) is 4. The average Bonchev–Trinajstić information content (AvgIpc) is 1.99. The predicted octanol–water partition coefficient (Wildman–Crippen LogP) is -0.346. The molecule has 86 valence electrons. The van der Waals surface area contributed by atoms with Gasteiger partial charge < -0.3 is 20.4 Å². The lowest BCUT2D eigenvalue weighted by Crippen LogP contribution is -2.65. The van der Waals surface area contributed by atoms with E-state index in [1.54, 1.807) is 0 Å². The van der Waals surface area contributed by atoms with E-state index in [0.717, 1.165) is 6.08 Å². The molecule has 0 amide bonds. The first-order valence-electron chi connectivity index (χ1n) is 4.63. The highest BCUT2D eigenvalue weighted by Gasteiger charge is 2.56. The Hall–Kier alpha value is -0.910. The molecule has 0 aliphatic heterocycles. The smallest absolute Gasteiger partial charge is 0.331 e. The van der Waals surface area contributed by atoms with E-state index in [-0.39, 0.29) is 12.0 Å². The van der Waals surface area contributed by atoms with Crippen molar-refractivity contribution < 1.29 is 25.2 Å². The third kappa shape index (κ3) is 1.67. The van der Waals surface area contributed by atoms with Crippen molar-refractivity contribution in [3.63, 3.8) is 0 Å². The molecule has 15 heavy (non-hydrogen) atoms. The minimum Gasteiger partial charge on any atom is -0.478 e. The molecule has 0 spiro atoms. The number of carboxylic acid groups (broad SMARTS) is 1. The summed E-state index contributed by atoms with van der Waals surface area (Å²) in [6.45, 7) is 3.85. The molecule has 1 aliphatic carbocycles. The number of aliphatic hydroxyl groups is 3. The highest BCUT2D eigenvalue weighted by atomic mass is 16.4. The Labute approximate surface area is 87.7 Å². The number of carbonyl (C=O) groups is 1. The van der Waals surface area contributed by atoms with Gasteiger partial charge in [0.2, 0.25) is 0 Å². The van der Waals surface area contributed by atoms with Crippen LogP contribution in [0.4, 0.5) is 0 Å². The molecular formula is C10H16O5. The van der Waals surface area contributed by atoms with Crippen LogP contribution in [-0.4, -0.2) is 43.2 Å². The van der Waals surface area contributed by atoms with Crippen LogP contribution in [0, 0.1) is 0 Å². The van der Waals surface area contributed by atoms with Crippen LogP contribution in [0.25, 0.3) is 0 Å². The molecule has 4 N–H and O–H groups in total. The fourth-order valence-corrected chi connectivity index (χ4v) is 1.76. The SMILES string of the molecule is CC1(O)C=C(C(=O)O)CC(C)(O)C1(C)O. The van der Waals surface area contributed by atoms with E-state index in [2.05, 4.69) is 0 Å². The maximum absolute atomic E-state index is 10.8. The lowest BCUT2D eigenvalue weighted by Gasteiger charge is -2.49. The summed E-state index contributed by atoms with van der Waals surface area (Å²) in [5.41, 5.74) is -5.35. The quantitative estimate of drug-likeness (QED) is 0.480. The molecule has 0 fully saturated rings. The normalized spacial score (nSPS) is 46.1. The second kappa shape index (κ2) is 3.04. The van der Waals surface area contributed by atoms with Crippen molar-refractivity contribution in [3.8, 4) is 0 Å². The van der Waals surface area contributed by atoms with Crippen LogP contribution in [0.2, 0.25) is 0 Å². The molecular weight excluding hydrogens is 200 g/mol. The van der Waals surface area contributed by atoms with E-state index in [1.807, 2.05) is 0 Å². The Morgan fingerprint density at radius 3 is 2.07 bits per heavy atom. The van der Waals surface area contributed by atoms with Crippen LogP contribution in [0.3, 0.4) is 0 Å². The molecule has 0 aromatic rings. The zero-order valence-electron chi connectivity index (χ0n) is 8.98. The average molecular weight is 216 g/mol. The summed E-state index contributed by atoms with van der Waals surface area (Å²) in [6.07, 6.45) is 0.874. The molecule has 1 aliphatic rings. The summed E-state index contributed by atoms with van der Waals surface area (Å²) < 4.78 is 0. The standard InChI is InChI=1S/C10H16O5/c1-8(13)4-6(7(11)12)5-9(2,14)10(8,3)15/h4,13-15H,5H2,1-3H3,(H,11,12). The van der Waals surface area contributed by atoms with Crippen molar-refractivity contribution in [1.29, 1.82) is 0 Å². The van der Waals surface area contributed by atoms with Crippen LogP contribution in [0.5, 0.6) is 0 Å². The van der Waals surface area contributed by atoms with Gasteiger partial charge in [-0.25, -0.2) is 4.79 Å². The molecule has 0 saturated carbocycles. The minimum atomic E-state index is -1.79. The summed E-state index contributed by atoms with van der Waals surface area (Å²) in [5.74, 6) is -1.20. The van der Waals surface area contributed by atoms with Crippen molar-refractivity contribution in [3.05, 3.63) is 11.6 Å². The first-order chi connectivity index (χ1) is 6.51. The van der Waals surface area contributed by atoms with Crippen molar-refractivity contribution in [2.24, 2.45) is 0 Å². The molecule has 0 bridgehead atoms. The van der Waals surface area contributed by atoms with E-state index in [1.165, 1.54) is 20.8 Å². The minimum absolute atomic E-state index is 0.100. The summed E-state index contributed by atoms with van der Waals surface area (Å²) >= 11 is 0. The van der Waals surface area contributed by atoms with Crippen LogP contribution in [0.15, 0.2) is 11.6 Å². The van der Waals surface area contributed by atoms with Gasteiger partial charge in [-0.05, 0) is 26.8 Å². The van der Waals surface area contributed by atoms with Gasteiger partial charge in [0.1, 0.15) is 11.2 Å². The van der Waals surface area contributed by atoms with Crippen LogP contribution in [0.1, 0.15) is 27.2 Å². The maximum Gasteiger partial charge on any atom is 0.331 e. The number of hydrogen-bond acceptors (Lipinski definition) is 4. The fourth-order valence-electron chi connectivity index (χ4n) is 1.76. The highest BCUT2D eigenvalue weighted by Crippen LogP contribution is 2.42. The molecule has 0 aromatic carbocycles. The second-order valence-electron chi connectivity index (χ2n) is 4.65. The first kappa shape index (κ1) is 12.2. The summed E-state index contributed by atoms with van der Waals surface area (Å²) in [6, 6.07) is 0. The molecule has 3 atom stereocenters. The summed E-state index contributed by atoms with van der Waals surface area (Å²) in [7, 11) is 0. The van der Waals surface area contributed by atoms with Crippen LogP contribution in [-0.2, 0) is 4.79 Å². The van der Waals surface area contributed by atoms with Gasteiger partial charge in [-0.2, -0.15) is 0 Å². The number of rotatable bonds is 1. The van der Waals surface area contributed by atoms with Crippen LogP contribution < -0.4 is 0 Å². The van der Waals surface area contributed by atoms with Gasteiger partial charge in [-0.3, -0.25) is 0 Å². The van der Waals surface area contributed by atoms with Gasteiger partial charge in [0.15, 0.2) is 0 Å². The first-order valence-corrected chi connectivity index (χ1v) is 4.63. The van der Waals surface area contributed by atoms with E-state index in [0.29, 0.717) is 0 Å². The van der Waals surface area contributed by atoms with E-state index in [9.17, 15) is 20.1 Å². The molecule has 1 rings (SSSR count). The molecule has 3 unspecified atom stereocenters. The van der Waals surface area contributed by atoms with E-state index < -0.39 is 22.8 Å². The Morgan fingerprint density at radius 1 is 1.27 bits per heavy atom. The Kier molecular flexibility index (Phi) is 2.46. The lowest BCUT2D eigenvalue weighted by atomic mass is 9.66. The Balaban J connectivity index is 3.28. The number of aliphatic carboxylic acids is 1. The van der Waals surface area contributed by atoms with Gasteiger partial charge in [-0.15, -0.1) is 0 Å². The van der Waals surface area contributed by atoms with E-state index in [4.69, 9.17) is 5.11 Å². The zero-order valence-corrected chi connectivity index (χ0v) is 8.98. The monoisotopic (exact) mass is 216 g/mol.